The smallest absolute Gasteiger partial charge is 0.0488 e. The number of hydrogen-bond donors (Lipinski definition) is 2. The number of ether oxygens (including phenoxy) is 1. The second-order valence-corrected chi connectivity index (χ2v) is 6.39. The van der Waals surface area contributed by atoms with E-state index in [4.69, 9.17) is 10.6 Å². The summed E-state index contributed by atoms with van der Waals surface area (Å²) in [5, 5.41) is 0. The molecule has 19 heavy (non-hydrogen) atoms. The number of nitrogens with two attached hydrogens (primary N) is 1. The van der Waals surface area contributed by atoms with Crippen LogP contribution in [0.15, 0.2) is 24.3 Å². The SMILES string of the molecule is COCC(C)CC(NN)c1ccc(C(C)(C)C)cc1. The van der Waals surface area contributed by atoms with Gasteiger partial charge < -0.3 is 4.74 Å². The van der Waals surface area contributed by atoms with Gasteiger partial charge in [-0.15, -0.1) is 0 Å². The Kier molecular flexibility index (Phi) is 5.98. The van der Waals surface area contributed by atoms with Gasteiger partial charge in [-0.2, -0.15) is 0 Å². The Morgan fingerprint density at radius 1 is 1.21 bits per heavy atom. The molecule has 0 amide bonds. The first-order valence-electron chi connectivity index (χ1n) is 6.94. The van der Waals surface area contributed by atoms with E-state index in [1.165, 1.54) is 11.1 Å². The summed E-state index contributed by atoms with van der Waals surface area (Å²) in [6, 6.07) is 8.91. The highest BCUT2D eigenvalue weighted by Gasteiger charge is 2.16. The van der Waals surface area contributed by atoms with Crippen LogP contribution in [0.5, 0.6) is 0 Å². The molecule has 0 heterocycles. The Morgan fingerprint density at radius 3 is 2.21 bits per heavy atom. The largest absolute Gasteiger partial charge is 0.384 e. The summed E-state index contributed by atoms with van der Waals surface area (Å²) < 4.78 is 5.18. The lowest BCUT2D eigenvalue weighted by molar-refractivity contribution is 0.149. The molecule has 3 heteroatoms. The van der Waals surface area contributed by atoms with Crippen LogP contribution < -0.4 is 11.3 Å². The molecule has 2 unspecified atom stereocenters. The molecule has 0 aromatic heterocycles. The molecule has 0 saturated heterocycles. The van der Waals surface area contributed by atoms with Gasteiger partial charge in [0, 0.05) is 19.8 Å². The van der Waals surface area contributed by atoms with Crippen molar-refractivity contribution in [2.75, 3.05) is 13.7 Å². The number of hydrazine groups is 1. The predicted molar refractivity (Wildman–Crippen MR) is 80.9 cm³/mol. The van der Waals surface area contributed by atoms with E-state index in [1.807, 2.05) is 0 Å². The molecular formula is C16H28N2O. The normalized spacial score (nSPS) is 15.3. The zero-order chi connectivity index (χ0) is 14.5. The van der Waals surface area contributed by atoms with Crippen LogP contribution in [0.4, 0.5) is 0 Å². The van der Waals surface area contributed by atoms with Gasteiger partial charge in [0.05, 0.1) is 0 Å². The molecule has 3 N–H and O–H groups in total. The number of nitrogens with one attached hydrogen (secondary N) is 1. The number of benzene rings is 1. The Bertz CT molecular complexity index is 367. The zero-order valence-corrected chi connectivity index (χ0v) is 12.9. The summed E-state index contributed by atoms with van der Waals surface area (Å²) in [5.41, 5.74) is 5.68. The fraction of sp³-hybridized carbons (Fsp3) is 0.625. The molecule has 108 valence electrons. The van der Waals surface area contributed by atoms with Crippen molar-refractivity contribution < 1.29 is 4.74 Å². The minimum atomic E-state index is 0.180. The number of rotatable bonds is 6. The highest BCUT2D eigenvalue weighted by molar-refractivity contribution is 5.29. The Hall–Kier alpha value is -0.900. The van der Waals surface area contributed by atoms with Crippen molar-refractivity contribution in [1.82, 2.24) is 5.43 Å². The second kappa shape index (κ2) is 7.04. The molecular weight excluding hydrogens is 236 g/mol. The minimum Gasteiger partial charge on any atom is -0.384 e. The summed E-state index contributed by atoms with van der Waals surface area (Å²) in [4.78, 5) is 0. The van der Waals surface area contributed by atoms with E-state index >= 15 is 0 Å². The van der Waals surface area contributed by atoms with Gasteiger partial charge in [-0.3, -0.25) is 11.3 Å². The highest BCUT2D eigenvalue weighted by Crippen LogP contribution is 2.26. The fourth-order valence-corrected chi connectivity index (χ4v) is 2.27. The predicted octanol–water partition coefficient (Wildman–Crippen LogP) is 3.16. The third kappa shape index (κ3) is 4.94. The molecule has 0 radical (unpaired) electrons. The maximum atomic E-state index is 5.68. The monoisotopic (exact) mass is 264 g/mol. The lowest BCUT2D eigenvalue weighted by Crippen LogP contribution is -2.30. The summed E-state index contributed by atoms with van der Waals surface area (Å²) in [7, 11) is 1.74. The average Bonchev–Trinajstić information content (AvgIpc) is 2.35. The third-order valence-electron chi connectivity index (χ3n) is 3.47. The van der Waals surface area contributed by atoms with E-state index in [0.29, 0.717) is 5.92 Å². The van der Waals surface area contributed by atoms with Crippen molar-refractivity contribution in [2.45, 2.75) is 45.6 Å². The Balaban J connectivity index is 2.77. The van der Waals surface area contributed by atoms with Crippen LogP contribution in [0.25, 0.3) is 0 Å². The van der Waals surface area contributed by atoms with Gasteiger partial charge in [-0.25, -0.2) is 0 Å². The van der Waals surface area contributed by atoms with E-state index in [1.54, 1.807) is 7.11 Å². The molecule has 0 aliphatic carbocycles. The lowest BCUT2D eigenvalue weighted by Gasteiger charge is -2.23. The van der Waals surface area contributed by atoms with Gasteiger partial charge in [0.2, 0.25) is 0 Å². The molecule has 0 fully saturated rings. The Labute approximate surface area is 117 Å². The van der Waals surface area contributed by atoms with Gasteiger partial charge in [0.25, 0.3) is 0 Å². The molecule has 0 aliphatic heterocycles. The molecule has 0 spiro atoms. The summed E-state index contributed by atoms with van der Waals surface area (Å²) in [6.45, 7) is 9.61. The second-order valence-electron chi connectivity index (χ2n) is 6.39. The van der Waals surface area contributed by atoms with Crippen LogP contribution in [0.1, 0.15) is 51.3 Å². The van der Waals surface area contributed by atoms with Crippen molar-refractivity contribution in [1.29, 1.82) is 0 Å². The molecule has 0 aliphatic rings. The van der Waals surface area contributed by atoms with E-state index in [2.05, 4.69) is 57.4 Å². The van der Waals surface area contributed by atoms with E-state index < -0.39 is 0 Å². The zero-order valence-electron chi connectivity index (χ0n) is 12.9. The van der Waals surface area contributed by atoms with E-state index in [9.17, 15) is 0 Å². The van der Waals surface area contributed by atoms with Gasteiger partial charge in [0.1, 0.15) is 0 Å². The lowest BCUT2D eigenvalue weighted by atomic mass is 9.85. The van der Waals surface area contributed by atoms with Gasteiger partial charge in [0.15, 0.2) is 0 Å². The summed E-state index contributed by atoms with van der Waals surface area (Å²) in [6.07, 6.45) is 0.971. The van der Waals surface area contributed by atoms with Crippen LogP contribution in [0.3, 0.4) is 0 Å². The molecule has 0 bridgehead atoms. The van der Waals surface area contributed by atoms with Crippen molar-refractivity contribution in [3.63, 3.8) is 0 Å². The van der Waals surface area contributed by atoms with Crippen molar-refractivity contribution in [2.24, 2.45) is 11.8 Å². The first kappa shape index (κ1) is 16.2. The standard InChI is InChI=1S/C16H28N2O/c1-12(11-19-5)10-15(18-17)13-6-8-14(9-7-13)16(2,3)4/h6-9,12,15,18H,10-11,17H2,1-5H3. The first-order chi connectivity index (χ1) is 8.88. The Morgan fingerprint density at radius 2 is 1.79 bits per heavy atom. The van der Waals surface area contributed by atoms with Crippen molar-refractivity contribution >= 4 is 0 Å². The van der Waals surface area contributed by atoms with Gasteiger partial charge in [-0.05, 0) is 28.9 Å². The number of methoxy groups -OCH3 is 1. The van der Waals surface area contributed by atoms with Crippen LogP contribution in [-0.2, 0) is 10.2 Å². The van der Waals surface area contributed by atoms with Gasteiger partial charge in [-0.1, -0.05) is 52.0 Å². The van der Waals surface area contributed by atoms with Crippen LogP contribution in [0.2, 0.25) is 0 Å². The average molecular weight is 264 g/mol. The maximum Gasteiger partial charge on any atom is 0.0488 e. The quantitative estimate of drug-likeness (QED) is 0.613. The minimum absolute atomic E-state index is 0.180. The molecule has 2 atom stereocenters. The molecule has 1 aromatic carbocycles. The topological polar surface area (TPSA) is 47.3 Å². The van der Waals surface area contributed by atoms with Crippen LogP contribution >= 0.6 is 0 Å². The van der Waals surface area contributed by atoms with Gasteiger partial charge >= 0.3 is 0 Å². The molecule has 0 saturated carbocycles. The summed E-state index contributed by atoms with van der Waals surface area (Å²) in [5.74, 6) is 6.16. The summed E-state index contributed by atoms with van der Waals surface area (Å²) >= 11 is 0. The maximum absolute atomic E-state index is 5.68. The third-order valence-corrected chi connectivity index (χ3v) is 3.47. The van der Waals surface area contributed by atoms with Crippen molar-refractivity contribution in [3.05, 3.63) is 35.4 Å². The van der Waals surface area contributed by atoms with E-state index in [-0.39, 0.29) is 11.5 Å². The first-order valence-corrected chi connectivity index (χ1v) is 6.94. The van der Waals surface area contributed by atoms with Crippen LogP contribution in [-0.4, -0.2) is 13.7 Å². The molecule has 1 rings (SSSR count). The number of hydrogen-bond acceptors (Lipinski definition) is 3. The van der Waals surface area contributed by atoms with Crippen molar-refractivity contribution in [3.8, 4) is 0 Å². The fourth-order valence-electron chi connectivity index (χ4n) is 2.27. The highest BCUT2D eigenvalue weighted by atomic mass is 16.5. The molecule has 3 nitrogen and oxygen atoms in total. The van der Waals surface area contributed by atoms with E-state index in [0.717, 1.165) is 13.0 Å². The molecule has 1 aromatic rings. The van der Waals surface area contributed by atoms with Crippen LogP contribution in [0, 0.1) is 5.92 Å².